The quantitative estimate of drug-likeness (QED) is 0.804. The first-order chi connectivity index (χ1) is 10.1. The van der Waals surface area contributed by atoms with Crippen molar-refractivity contribution in [1.29, 1.82) is 0 Å². The average Bonchev–Trinajstić information content (AvgIpc) is 3.17. The van der Waals surface area contributed by atoms with Gasteiger partial charge in [-0.3, -0.25) is 4.79 Å². The molecule has 0 bridgehead atoms. The molecule has 1 atom stereocenters. The molecule has 1 saturated heterocycles. The summed E-state index contributed by atoms with van der Waals surface area (Å²) in [6.45, 7) is 4.63. The van der Waals surface area contributed by atoms with Crippen LogP contribution in [-0.2, 0) is 4.79 Å². The summed E-state index contributed by atoms with van der Waals surface area (Å²) in [6, 6.07) is 4.06. The number of aromatic nitrogens is 2. The standard InChI is InChI=1S/C13H15ClN4OS2/c1-9(14)12(19)17-4-6-18(7-5-17)13-16-15-11(21-13)10-3-2-8-20-10/h2-3,8-9H,4-7H2,1H3. The third-order valence-electron chi connectivity index (χ3n) is 3.35. The molecule has 3 heterocycles. The van der Waals surface area contributed by atoms with Gasteiger partial charge in [0.05, 0.1) is 4.88 Å². The summed E-state index contributed by atoms with van der Waals surface area (Å²) >= 11 is 9.11. The van der Waals surface area contributed by atoms with Crippen LogP contribution >= 0.6 is 34.3 Å². The van der Waals surface area contributed by atoms with Crippen LogP contribution in [0.4, 0.5) is 5.13 Å². The normalized spacial score (nSPS) is 17.0. The minimum absolute atomic E-state index is 0.00727. The topological polar surface area (TPSA) is 49.3 Å². The first-order valence-corrected chi connectivity index (χ1v) is 8.83. The molecule has 8 heteroatoms. The van der Waals surface area contributed by atoms with E-state index in [9.17, 15) is 4.79 Å². The van der Waals surface area contributed by atoms with Gasteiger partial charge in [-0.15, -0.1) is 33.1 Å². The van der Waals surface area contributed by atoms with Crippen LogP contribution in [-0.4, -0.2) is 52.6 Å². The highest BCUT2D eigenvalue weighted by molar-refractivity contribution is 7.22. The first kappa shape index (κ1) is 14.7. The fourth-order valence-corrected chi connectivity index (χ4v) is 4.04. The molecule has 1 unspecified atom stereocenters. The van der Waals surface area contributed by atoms with Crippen molar-refractivity contribution in [2.24, 2.45) is 0 Å². The first-order valence-electron chi connectivity index (χ1n) is 6.70. The molecule has 0 aliphatic carbocycles. The maximum Gasteiger partial charge on any atom is 0.240 e. The van der Waals surface area contributed by atoms with Gasteiger partial charge in [0.1, 0.15) is 5.38 Å². The van der Waals surface area contributed by atoms with Crippen LogP contribution in [0.5, 0.6) is 0 Å². The minimum atomic E-state index is -0.455. The molecule has 21 heavy (non-hydrogen) atoms. The van der Waals surface area contributed by atoms with Gasteiger partial charge in [0.25, 0.3) is 0 Å². The molecule has 5 nitrogen and oxygen atoms in total. The van der Waals surface area contributed by atoms with E-state index < -0.39 is 5.38 Å². The number of amides is 1. The number of hydrogen-bond donors (Lipinski definition) is 0. The number of alkyl halides is 1. The van der Waals surface area contributed by atoms with Crippen molar-refractivity contribution in [1.82, 2.24) is 15.1 Å². The average molecular weight is 343 g/mol. The number of piperazine rings is 1. The Bertz CT molecular complexity index is 605. The number of carbonyl (C=O) groups excluding carboxylic acids is 1. The maximum atomic E-state index is 11.9. The second kappa shape index (κ2) is 6.29. The van der Waals surface area contributed by atoms with Crippen molar-refractivity contribution in [2.45, 2.75) is 12.3 Å². The Kier molecular flexibility index (Phi) is 4.42. The third-order valence-corrected chi connectivity index (χ3v) is 5.56. The maximum absolute atomic E-state index is 11.9. The predicted molar refractivity (Wildman–Crippen MR) is 87.3 cm³/mol. The highest BCUT2D eigenvalue weighted by Gasteiger charge is 2.25. The SMILES string of the molecule is CC(Cl)C(=O)N1CCN(c2nnc(-c3cccs3)s2)CC1. The zero-order valence-electron chi connectivity index (χ0n) is 11.5. The molecule has 0 saturated carbocycles. The van der Waals surface area contributed by atoms with Crippen molar-refractivity contribution < 1.29 is 4.79 Å². The zero-order chi connectivity index (χ0) is 14.8. The molecule has 0 aromatic carbocycles. The Hall–Kier alpha value is -1.18. The van der Waals surface area contributed by atoms with Crippen molar-refractivity contribution >= 4 is 45.3 Å². The van der Waals surface area contributed by atoms with Crippen molar-refractivity contribution in [2.75, 3.05) is 31.1 Å². The number of rotatable bonds is 3. The molecule has 1 amide bonds. The smallest absolute Gasteiger partial charge is 0.240 e. The summed E-state index contributed by atoms with van der Waals surface area (Å²) in [6.07, 6.45) is 0. The largest absolute Gasteiger partial charge is 0.343 e. The van der Waals surface area contributed by atoms with Crippen molar-refractivity contribution in [3.05, 3.63) is 17.5 Å². The molecule has 2 aromatic heterocycles. The van der Waals surface area contributed by atoms with Crippen LogP contribution in [0, 0.1) is 0 Å². The number of nitrogens with zero attached hydrogens (tertiary/aromatic N) is 4. The number of carbonyl (C=O) groups is 1. The van der Waals surface area contributed by atoms with E-state index in [0.29, 0.717) is 13.1 Å². The fraction of sp³-hybridized carbons (Fsp3) is 0.462. The van der Waals surface area contributed by atoms with Crippen molar-refractivity contribution in [3.8, 4) is 9.88 Å². The van der Waals surface area contributed by atoms with Gasteiger partial charge in [-0.2, -0.15) is 0 Å². The van der Waals surface area contributed by atoms with E-state index in [0.717, 1.165) is 28.1 Å². The molecule has 112 valence electrons. The van der Waals surface area contributed by atoms with Gasteiger partial charge < -0.3 is 9.80 Å². The minimum Gasteiger partial charge on any atom is -0.343 e. The number of anilines is 1. The highest BCUT2D eigenvalue weighted by Crippen LogP contribution is 2.31. The van der Waals surface area contributed by atoms with Gasteiger partial charge in [0, 0.05) is 26.2 Å². The molecule has 1 aliphatic rings. The molecule has 3 rings (SSSR count). The van der Waals surface area contributed by atoms with Gasteiger partial charge in [-0.25, -0.2) is 0 Å². The number of halogens is 1. The van der Waals surface area contributed by atoms with Crippen LogP contribution in [0.25, 0.3) is 9.88 Å². The van der Waals surface area contributed by atoms with Crippen LogP contribution in [0.15, 0.2) is 17.5 Å². The second-order valence-electron chi connectivity index (χ2n) is 4.80. The lowest BCUT2D eigenvalue weighted by atomic mass is 10.3. The zero-order valence-corrected chi connectivity index (χ0v) is 13.9. The molecule has 0 spiro atoms. The van der Waals surface area contributed by atoms with Crippen LogP contribution in [0.3, 0.4) is 0 Å². The van der Waals surface area contributed by atoms with Crippen molar-refractivity contribution in [3.63, 3.8) is 0 Å². The Morgan fingerprint density at radius 3 is 2.71 bits per heavy atom. The molecule has 2 aromatic rings. The van der Waals surface area contributed by atoms with Gasteiger partial charge >= 0.3 is 0 Å². The van der Waals surface area contributed by atoms with E-state index >= 15 is 0 Å². The fourth-order valence-electron chi connectivity index (χ4n) is 2.21. The predicted octanol–water partition coefficient (Wildman–Crippen LogP) is 2.54. The Labute approximate surface area is 136 Å². The molecular formula is C13H15ClN4OS2. The molecule has 0 radical (unpaired) electrons. The molecular weight excluding hydrogens is 328 g/mol. The molecule has 1 fully saturated rings. The van der Waals surface area contributed by atoms with Gasteiger partial charge in [-0.05, 0) is 18.4 Å². The second-order valence-corrected chi connectivity index (χ2v) is 7.35. The summed E-state index contributed by atoms with van der Waals surface area (Å²) in [5.74, 6) is 0.00727. The summed E-state index contributed by atoms with van der Waals surface area (Å²) in [5.41, 5.74) is 0. The van der Waals surface area contributed by atoms with Crippen LogP contribution < -0.4 is 4.90 Å². The summed E-state index contributed by atoms with van der Waals surface area (Å²) in [4.78, 5) is 17.0. The van der Waals surface area contributed by atoms with E-state index in [1.807, 2.05) is 22.4 Å². The van der Waals surface area contributed by atoms with E-state index in [1.165, 1.54) is 0 Å². The molecule has 1 aliphatic heterocycles. The third kappa shape index (κ3) is 3.20. The van der Waals surface area contributed by atoms with Gasteiger partial charge in [0.2, 0.25) is 11.0 Å². The van der Waals surface area contributed by atoms with E-state index in [-0.39, 0.29) is 5.91 Å². The van der Waals surface area contributed by atoms with Gasteiger partial charge in [-0.1, -0.05) is 17.4 Å². The van der Waals surface area contributed by atoms with Crippen LogP contribution in [0.2, 0.25) is 0 Å². The summed E-state index contributed by atoms with van der Waals surface area (Å²) in [7, 11) is 0. The highest BCUT2D eigenvalue weighted by atomic mass is 35.5. The van der Waals surface area contributed by atoms with Gasteiger partial charge in [0.15, 0.2) is 5.01 Å². The summed E-state index contributed by atoms with van der Waals surface area (Å²) < 4.78 is 0. The Balaban J connectivity index is 1.64. The lowest BCUT2D eigenvalue weighted by molar-refractivity contribution is -0.130. The number of hydrogen-bond acceptors (Lipinski definition) is 6. The lowest BCUT2D eigenvalue weighted by Gasteiger charge is -2.34. The van der Waals surface area contributed by atoms with E-state index in [1.54, 1.807) is 29.6 Å². The number of thiophene rings is 1. The Morgan fingerprint density at radius 2 is 2.10 bits per heavy atom. The van der Waals surface area contributed by atoms with E-state index in [2.05, 4.69) is 15.1 Å². The Morgan fingerprint density at radius 1 is 1.33 bits per heavy atom. The molecule has 0 N–H and O–H groups in total. The lowest BCUT2D eigenvalue weighted by Crippen LogP contribution is -2.50. The summed E-state index contributed by atoms with van der Waals surface area (Å²) in [5, 5.41) is 12.0. The van der Waals surface area contributed by atoms with E-state index in [4.69, 9.17) is 11.6 Å². The monoisotopic (exact) mass is 342 g/mol. The van der Waals surface area contributed by atoms with Crippen LogP contribution in [0.1, 0.15) is 6.92 Å².